The number of aliphatic hydroxyl groups is 2. The van der Waals surface area contributed by atoms with Gasteiger partial charge in [0, 0.05) is 11.8 Å². The molecule has 1 aromatic rings. The molecule has 2 rings (SSSR count). The molecule has 3 atom stereocenters. The number of hydrogen-bond donors (Lipinski definition) is 3. The number of rotatable bonds is 1. The molecular weight excluding hydrogens is 228 g/mol. The molecule has 7 nitrogen and oxygen atoms in total. The van der Waals surface area contributed by atoms with Gasteiger partial charge in [-0.15, -0.1) is 0 Å². The summed E-state index contributed by atoms with van der Waals surface area (Å²) < 4.78 is 6.11. The zero-order chi connectivity index (χ0) is 12.7. The lowest BCUT2D eigenvalue weighted by Gasteiger charge is -2.16. The van der Waals surface area contributed by atoms with Gasteiger partial charge in [-0.2, -0.15) is 0 Å². The molecule has 0 bridgehead atoms. The number of aryl methyl sites for hydroxylation is 1. The molecule has 0 amide bonds. The first kappa shape index (κ1) is 11.6. The maximum Gasteiger partial charge on any atom is 0.331 e. The summed E-state index contributed by atoms with van der Waals surface area (Å²) in [6.45, 7) is 4.93. The first-order chi connectivity index (χ1) is 7.91. The smallest absolute Gasteiger partial charge is 0.331 e. The van der Waals surface area contributed by atoms with Crippen molar-refractivity contribution in [1.82, 2.24) is 9.55 Å². The van der Waals surface area contributed by atoms with Crippen LogP contribution in [0.25, 0.3) is 0 Å². The second-order valence-corrected chi connectivity index (χ2v) is 3.89. The number of nitrogens with one attached hydrogen (secondary N) is 1. The third-order valence-electron chi connectivity index (χ3n) is 2.64. The lowest BCUT2D eigenvalue weighted by Crippen LogP contribution is -2.38. The maximum atomic E-state index is 11.5. The van der Waals surface area contributed by atoms with Gasteiger partial charge in [0.1, 0.15) is 18.0 Å². The number of aromatic amines is 1. The normalized spacial score (nSPS) is 28.2. The van der Waals surface area contributed by atoms with Crippen LogP contribution < -0.4 is 11.2 Å². The van der Waals surface area contributed by atoms with Crippen molar-refractivity contribution in [3.63, 3.8) is 0 Å². The Bertz CT molecular complexity index is 573. The fourth-order valence-electron chi connectivity index (χ4n) is 1.64. The van der Waals surface area contributed by atoms with E-state index in [-0.39, 0.29) is 5.76 Å². The lowest BCUT2D eigenvalue weighted by atomic mass is 10.2. The van der Waals surface area contributed by atoms with Crippen molar-refractivity contribution >= 4 is 0 Å². The van der Waals surface area contributed by atoms with Crippen LogP contribution in [-0.4, -0.2) is 32.0 Å². The maximum absolute atomic E-state index is 11.5. The molecule has 1 aromatic heterocycles. The average molecular weight is 240 g/mol. The number of ether oxygens (including phenoxy) is 1. The van der Waals surface area contributed by atoms with Crippen LogP contribution in [0, 0.1) is 6.92 Å². The fraction of sp³-hybridized carbons (Fsp3) is 0.400. The number of aromatic nitrogens is 2. The van der Waals surface area contributed by atoms with Crippen LogP contribution in [0.15, 0.2) is 28.1 Å². The summed E-state index contributed by atoms with van der Waals surface area (Å²) in [6.07, 6.45) is -2.37. The molecule has 1 aliphatic rings. The van der Waals surface area contributed by atoms with Crippen molar-refractivity contribution in [3.05, 3.63) is 44.9 Å². The molecule has 1 unspecified atom stereocenters. The molecule has 92 valence electrons. The molecule has 2 heterocycles. The van der Waals surface area contributed by atoms with Crippen LogP contribution >= 0.6 is 0 Å². The average Bonchev–Trinajstić information content (AvgIpc) is 2.51. The zero-order valence-electron chi connectivity index (χ0n) is 9.08. The lowest BCUT2D eigenvalue weighted by molar-refractivity contribution is -0.0164. The number of H-pyrrole nitrogens is 1. The predicted octanol–water partition coefficient (Wildman–Crippen LogP) is -1.39. The van der Waals surface area contributed by atoms with E-state index in [4.69, 9.17) is 4.74 Å². The zero-order valence-corrected chi connectivity index (χ0v) is 9.08. The molecule has 1 saturated heterocycles. The van der Waals surface area contributed by atoms with Crippen molar-refractivity contribution in [2.75, 3.05) is 0 Å². The van der Waals surface area contributed by atoms with Gasteiger partial charge in [-0.05, 0) is 6.92 Å². The standard InChI is InChI=1S/C10H12N2O5/c1-4-3-12(10(16)11-8(4)15)9-7(14)6(13)5(2)17-9/h3,6-7,9,13-14H,2H2,1H3,(H,11,15,16)/t6?,7-,9+/m0/s1. The molecular formula is C10H12N2O5. The van der Waals surface area contributed by atoms with Crippen molar-refractivity contribution in [2.45, 2.75) is 25.4 Å². The number of nitrogens with zero attached hydrogens (tertiary/aromatic N) is 1. The van der Waals surface area contributed by atoms with Crippen LogP contribution in [0.4, 0.5) is 0 Å². The van der Waals surface area contributed by atoms with Crippen molar-refractivity contribution < 1.29 is 14.9 Å². The van der Waals surface area contributed by atoms with Crippen LogP contribution in [0.1, 0.15) is 11.8 Å². The van der Waals surface area contributed by atoms with Gasteiger partial charge in [0.15, 0.2) is 0 Å². The highest BCUT2D eigenvalue weighted by Gasteiger charge is 2.40. The topological polar surface area (TPSA) is 105 Å². The first-order valence-corrected chi connectivity index (χ1v) is 4.95. The number of aliphatic hydroxyl groups excluding tert-OH is 2. The molecule has 0 aromatic carbocycles. The van der Waals surface area contributed by atoms with E-state index in [1.54, 1.807) is 0 Å². The SMILES string of the molecule is C=C1O[C@@H](n2cc(C)c(=O)[nH]c2=O)[C@@H](O)C1O. The van der Waals surface area contributed by atoms with Crippen LogP contribution in [0.5, 0.6) is 0 Å². The first-order valence-electron chi connectivity index (χ1n) is 4.95. The fourth-order valence-corrected chi connectivity index (χ4v) is 1.64. The Morgan fingerprint density at radius 1 is 1.47 bits per heavy atom. The molecule has 1 aliphatic heterocycles. The van der Waals surface area contributed by atoms with E-state index in [9.17, 15) is 19.8 Å². The van der Waals surface area contributed by atoms with Crippen molar-refractivity contribution in [2.24, 2.45) is 0 Å². The van der Waals surface area contributed by atoms with E-state index < -0.39 is 29.7 Å². The Morgan fingerprint density at radius 2 is 2.12 bits per heavy atom. The van der Waals surface area contributed by atoms with E-state index in [2.05, 4.69) is 11.6 Å². The Labute approximate surface area is 95.6 Å². The minimum atomic E-state index is -1.30. The van der Waals surface area contributed by atoms with Crippen molar-refractivity contribution in [3.8, 4) is 0 Å². The second-order valence-electron chi connectivity index (χ2n) is 3.89. The quantitative estimate of drug-likeness (QED) is 0.560. The molecule has 17 heavy (non-hydrogen) atoms. The Balaban J connectivity index is 2.49. The van der Waals surface area contributed by atoms with Gasteiger partial charge >= 0.3 is 5.69 Å². The van der Waals surface area contributed by atoms with E-state index >= 15 is 0 Å². The molecule has 0 aliphatic carbocycles. The van der Waals surface area contributed by atoms with Crippen LogP contribution in [0.2, 0.25) is 0 Å². The monoisotopic (exact) mass is 240 g/mol. The Morgan fingerprint density at radius 3 is 2.65 bits per heavy atom. The van der Waals surface area contributed by atoms with Crippen LogP contribution in [0.3, 0.4) is 0 Å². The highest BCUT2D eigenvalue weighted by atomic mass is 16.5. The molecule has 0 spiro atoms. The summed E-state index contributed by atoms with van der Waals surface area (Å²) in [5, 5.41) is 19.1. The van der Waals surface area contributed by atoms with Gasteiger partial charge < -0.3 is 14.9 Å². The summed E-state index contributed by atoms with van der Waals surface area (Å²) >= 11 is 0. The van der Waals surface area contributed by atoms with Crippen molar-refractivity contribution in [1.29, 1.82) is 0 Å². The molecule has 0 radical (unpaired) electrons. The van der Waals surface area contributed by atoms with E-state index in [0.717, 1.165) is 4.57 Å². The van der Waals surface area contributed by atoms with E-state index in [0.29, 0.717) is 5.56 Å². The van der Waals surface area contributed by atoms with E-state index in [1.165, 1.54) is 13.1 Å². The Kier molecular flexibility index (Phi) is 2.64. The highest BCUT2D eigenvalue weighted by Crippen LogP contribution is 2.29. The molecule has 3 N–H and O–H groups in total. The third kappa shape index (κ3) is 1.79. The minimum absolute atomic E-state index is 0.0155. The summed E-state index contributed by atoms with van der Waals surface area (Å²) in [5.74, 6) is -0.0155. The Hall–Kier alpha value is -1.86. The summed E-state index contributed by atoms with van der Waals surface area (Å²) in [6, 6.07) is 0. The molecule has 1 fully saturated rings. The summed E-state index contributed by atoms with van der Waals surface area (Å²) in [7, 11) is 0. The highest BCUT2D eigenvalue weighted by molar-refractivity contribution is 5.07. The molecule has 0 saturated carbocycles. The predicted molar refractivity (Wildman–Crippen MR) is 57.3 cm³/mol. The van der Waals surface area contributed by atoms with E-state index in [1.807, 2.05) is 0 Å². The van der Waals surface area contributed by atoms with Crippen LogP contribution in [-0.2, 0) is 4.74 Å². The summed E-state index contributed by atoms with van der Waals surface area (Å²) in [5.41, 5.74) is -0.919. The van der Waals surface area contributed by atoms with Gasteiger partial charge in [-0.3, -0.25) is 14.3 Å². The largest absolute Gasteiger partial charge is 0.469 e. The van der Waals surface area contributed by atoms with Gasteiger partial charge in [0.25, 0.3) is 5.56 Å². The summed E-state index contributed by atoms with van der Waals surface area (Å²) in [4.78, 5) is 24.8. The van der Waals surface area contributed by atoms with Gasteiger partial charge in [0.05, 0.1) is 0 Å². The van der Waals surface area contributed by atoms with Gasteiger partial charge in [-0.1, -0.05) is 6.58 Å². The number of hydrogen-bond acceptors (Lipinski definition) is 5. The van der Waals surface area contributed by atoms with Gasteiger partial charge in [0.2, 0.25) is 6.23 Å². The molecule has 7 heteroatoms. The minimum Gasteiger partial charge on any atom is -0.469 e. The van der Waals surface area contributed by atoms with Gasteiger partial charge in [-0.25, -0.2) is 4.79 Å². The second kappa shape index (κ2) is 3.86. The third-order valence-corrected chi connectivity index (χ3v) is 2.64.